The number of allylic oxidation sites excluding steroid dienone is 1. The maximum atomic E-state index is 10.6. The number of phenolic OH excluding ortho intramolecular Hbond substituents is 1. The summed E-state index contributed by atoms with van der Waals surface area (Å²) in [5.41, 5.74) is 1.73. The number of phenols is 1. The molecule has 1 aromatic carbocycles. The molecule has 1 aliphatic carbocycles. The molecule has 1 aliphatic heterocycles. The van der Waals surface area contributed by atoms with Gasteiger partial charge in [0.15, 0.2) is 0 Å². The third kappa shape index (κ3) is 4.70. The van der Waals surface area contributed by atoms with E-state index in [1.54, 1.807) is 24.4 Å². The molecule has 0 atom stereocenters. The number of amidine groups is 1. The zero-order valence-electron chi connectivity index (χ0n) is 19.8. The van der Waals surface area contributed by atoms with E-state index in [2.05, 4.69) is 38.0 Å². The molecule has 0 amide bonds. The molecule has 0 spiro atoms. The van der Waals surface area contributed by atoms with Crippen LogP contribution >= 0.6 is 0 Å². The first-order valence-electron chi connectivity index (χ1n) is 11.5. The fourth-order valence-electron chi connectivity index (χ4n) is 5.24. The summed E-state index contributed by atoms with van der Waals surface area (Å²) in [5, 5.41) is 33.3. The number of fused-ring (bicyclic) bond motifs is 1. The zero-order chi connectivity index (χ0) is 23.3. The van der Waals surface area contributed by atoms with Gasteiger partial charge in [-0.2, -0.15) is 0 Å². The number of nitrogens with one attached hydrogen (secondary N) is 3. The van der Waals surface area contributed by atoms with Gasteiger partial charge in [-0.15, -0.1) is 0 Å². The Bertz CT molecular complexity index is 1080. The van der Waals surface area contributed by atoms with Crippen molar-refractivity contribution in [3.63, 3.8) is 0 Å². The number of pyridine rings is 1. The molecule has 6 heteroatoms. The van der Waals surface area contributed by atoms with Crippen molar-refractivity contribution in [1.29, 1.82) is 10.8 Å². The van der Waals surface area contributed by atoms with E-state index >= 15 is 0 Å². The number of hydrogen-bond donors (Lipinski definition) is 4. The van der Waals surface area contributed by atoms with Crippen LogP contribution in [0.4, 0.5) is 0 Å². The normalized spacial score (nSPS) is 20.5. The van der Waals surface area contributed by atoms with E-state index < -0.39 is 0 Å². The highest BCUT2D eigenvalue weighted by molar-refractivity contribution is 6.13. The average molecular weight is 434 g/mol. The monoisotopic (exact) mass is 433 g/mol. The smallest absolute Gasteiger partial charge is 0.125 e. The topological polar surface area (TPSA) is 96.1 Å². The van der Waals surface area contributed by atoms with Crippen LogP contribution < -0.4 is 5.32 Å². The van der Waals surface area contributed by atoms with Crippen LogP contribution in [0, 0.1) is 10.8 Å². The molecule has 4 N–H and O–H groups in total. The van der Waals surface area contributed by atoms with Gasteiger partial charge in [0.25, 0.3) is 0 Å². The fourth-order valence-corrected chi connectivity index (χ4v) is 5.24. The Morgan fingerprint density at radius 2 is 1.78 bits per heavy atom. The van der Waals surface area contributed by atoms with E-state index in [1.807, 2.05) is 24.1 Å². The predicted octanol–water partition coefficient (Wildman–Crippen LogP) is 4.96. The molecule has 6 nitrogen and oxygen atoms in total. The Hall–Kier alpha value is -2.73. The first kappa shape index (κ1) is 22.5. The molecule has 2 aromatic rings. The second kappa shape index (κ2) is 8.00. The molecule has 32 heavy (non-hydrogen) atoms. The van der Waals surface area contributed by atoms with Crippen molar-refractivity contribution < 1.29 is 5.11 Å². The zero-order valence-corrected chi connectivity index (χ0v) is 19.8. The third-order valence-corrected chi connectivity index (χ3v) is 6.67. The van der Waals surface area contributed by atoms with Crippen molar-refractivity contribution in [2.75, 3.05) is 7.05 Å². The van der Waals surface area contributed by atoms with E-state index in [0.717, 1.165) is 42.1 Å². The van der Waals surface area contributed by atoms with Gasteiger partial charge in [0, 0.05) is 47.2 Å². The van der Waals surface area contributed by atoms with Crippen LogP contribution in [-0.4, -0.2) is 50.7 Å². The molecule has 4 rings (SSSR count). The van der Waals surface area contributed by atoms with E-state index in [9.17, 15) is 5.11 Å². The van der Waals surface area contributed by atoms with E-state index in [4.69, 9.17) is 10.8 Å². The molecule has 1 saturated heterocycles. The molecule has 2 fully saturated rings. The van der Waals surface area contributed by atoms with Gasteiger partial charge >= 0.3 is 0 Å². The van der Waals surface area contributed by atoms with Gasteiger partial charge in [-0.1, -0.05) is 0 Å². The first-order chi connectivity index (χ1) is 15.0. The van der Waals surface area contributed by atoms with Gasteiger partial charge in [0.05, 0.1) is 11.4 Å². The summed E-state index contributed by atoms with van der Waals surface area (Å²) in [6, 6.07) is 5.74. The van der Waals surface area contributed by atoms with Gasteiger partial charge in [0.1, 0.15) is 11.6 Å². The number of hydrogen-bond acceptors (Lipinski definition) is 5. The van der Waals surface area contributed by atoms with Crippen LogP contribution in [0.15, 0.2) is 36.5 Å². The molecule has 170 valence electrons. The number of aromatic hydroxyl groups is 1. The minimum absolute atomic E-state index is 0.00155. The minimum Gasteiger partial charge on any atom is -0.507 e. The Morgan fingerprint density at radius 1 is 1.12 bits per heavy atom. The maximum absolute atomic E-state index is 10.6. The lowest BCUT2D eigenvalue weighted by atomic mass is 9.79. The van der Waals surface area contributed by atoms with Gasteiger partial charge < -0.3 is 20.7 Å². The highest BCUT2D eigenvalue weighted by atomic mass is 16.3. The van der Waals surface area contributed by atoms with Crippen molar-refractivity contribution in [2.24, 2.45) is 0 Å². The molecule has 0 bridgehead atoms. The van der Waals surface area contributed by atoms with Crippen molar-refractivity contribution in [2.45, 2.75) is 76.4 Å². The fraction of sp³-hybridized carbons (Fsp3) is 0.500. The Kier molecular flexibility index (Phi) is 5.61. The third-order valence-electron chi connectivity index (χ3n) is 6.67. The van der Waals surface area contributed by atoms with Gasteiger partial charge in [-0.05, 0) is 89.1 Å². The van der Waals surface area contributed by atoms with Crippen molar-refractivity contribution >= 4 is 22.3 Å². The second-order valence-corrected chi connectivity index (χ2v) is 10.8. The highest BCUT2D eigenvalue weighted by Crippen LogP contribution is 2.42. The lowest BCUT2D eigenvalue weighted by Crippen LogP contribution is -2.62. The summed E-state index contributed by atoms with van der Waals surface area (Å²) in [5.74, 6) is 0.942. The van der Waals surface area contributed by atoms with Gasteiger partial charge in [-0.3, -0.25) is 10.4 Å². The molecule has 2 aliphatic rings. The number of likely N-dealkylation sites (N-methyl/N-ethyl adjacent to an activating group) is 1. The Labute approximate surface area is 190 Å². The second-order valence-electron chi connectivity index (χ2n) is 10.8. The van der Waals surface area contributed by atoms with Crippen molar-refractivity contribution in [1.82, 2.24) is 15.2 Å². The standard InChI is InChI=1S/C26H35N5O/c1-25(2)14-18(15-26(3,4)30-25)31(5)23(28)9-8-21(27)20-13-19-17(12-22(20)32)10-11-29-24(19)16-6-7-16/h8-13,16,18,27-28,30,32H,6-7,14-15H2,1-5H3/b9-8-,27-21?,28-23?. The van der Waals surface area contributed by atoms with Crippen LogP contribution in [0.25, 0.3) is 10.8 Å². The number of aromatic nitrogens is 1. The number of piperidine rings is 1. The van der Waals surface area contributed by atoms with Gasteiger partial charge in [-0.25, -0.2) is 0 Å². The number of rotatable bonds is 5. The summed E-state index contributed by atoms with van der Waals surface area (Å²) < 4.78 is 0. The molecule has 0 radical (unpaired) electrons. The van der Waals surface area contributed by atoms with Crippen LogP contribution in [0.3, 0.4) is 0 Å². The minimum atomic E-state index is 0.00155. The first-order valence-corrected chi connectivity index (χ1v) is 11.5. The lowest BCUT2D eigenvalue weighted by molar-refractivity contribution is 0.114. The largest absolute Gasteiger partial charge is 0.507 e. The molecule has 2 heterocycles. The summed E-state index contributed by atoms with van der Waals surface area (Å²) in [6.45, 7) is 8.82. The van der Waals surface area contributed by atoms with E-state index in [1.165, 1.54) is 0 Å². The van der Waals surface area contributed by atoms with Crippen molar-refractivity contribution in [3.05, 3.63) is 47.8 Å². The number of nitrogens with zero attached hydrogens (tertiary/aromatic N) is 2. The highest BCUT2D eigenvalue weighted by Gasteiger charge is 2.39. The van der Waals surface area contributed by atoms with Crippen molar-refractivity contribution in [3.8, 4) is 5.75 Å². The van der Waals surface area contributed by atoms with Crippen LogP contribution in [0.1, 0.15) is 70.6 Å². The summed E-state index contributed by atoms with van der Waals surface area (Å²) in [7, 11) is 1.96. The summed E-state index contributed by atoms with van der Waals surface area (Å²) in [4.78, 5) is 6.56. The van der Waals surface area contributed by atoms with Crippen LogP contribution in [-0.2, 0) is 0 Å². The molecular weight excluding hydrogens is 398 g/mol. The summed E-state index contributed by atoms with van der Waals surface area (Å²) in [6.07, 6.45) is 9.26. The number of benzene rings is 1. The van der Waals surface area contributed by atoms with Crippen LogP contribution in [0.5, 0.6) is 5.75 Å². The predicted molar refractivity (Wildman–Crippen MR) is 131 cm³/mol. The Balaban J connectivity index is 1.52. The quantitative estimate of drug-likeness (QED) is 0.396. The molecule has 1 saturated carbocycles. The SMILES string of the molecule is CN(C(=N)/C=C\C(=N)c1cc2c(C3CC3)nccc2cc1O)C1CC(C)(C)NC(C)(C)C1. The molecule has 0 unspecified atom stereocenters. The Morgan fingerprint density at radius 3 is 2.41 bits per heavy atom. The molecule has 1 aromatic heterocycles. The average Bonchev–Trinajstić information content (AvgIpc) is 3.53. The van der Waals surface area contributed by atoms with E-state index in [0.29, 0.717) is 17.3 Å². The lowest BCUT2D eigenvalue weighted by Gasteiger charge is -2.49. The molecular formula is C26H35N5O. The van der Waals surface area contributed by atoms with E-state index in [-0.39, 0.29) is 28.6 Å². The van der Waals surface area contributed by atoms with Gasteiger partial charge in [0.2, 0.25) is 0 Å². The maximum Gasteiger partial charge on any atom is 0.125 e. The van der Waals surface area contributed by atoms with Crippen LogP contribution in [0.2, 0.25) is 0 Å². The summed E-state index contributed by atoms with van der Waals surface area (Å²) >= 11 is 0.